The molecule has 10 heteroatoms. The van der Waals surface area contributed by atoms with Crippen molar-refractivity contribution in [2.24, 2.45) is 0 Å². The van der Waals surface area contributed by atoms with E-state index in [1.807, 2.05) is 6.92 Å². The molecule has 2 aromatic heterocycles. The molecule has 0 spiro atoms. The number of nitrogens with one attached hydrogen (secondary N) is 3. The van der Waals surface area contributed by atoms with Gasteiger partial charge in [-0.15, -0.1) is 5.10 Å². The molecule has 29 heavy (non-hydrogen) atoms. The van der Waals surface area contributed by atoms with Crippen LogP contribution in [0.25, 0.3) is 5.65 Å². The largest absolute Gasteiger partial charge is 0.492 e. The van der Waals surface area contributed by atoms with Crippen molar-refractivity contribution in [1.82, 2.24) is 19.9 Å². The number of anilines is 3. The Hall–Kier alpha value is -3.40. The molecule has 1 aliphatic rings. The number of halogens is 1. The van der Waals surface area contributed by atoms with Crippen molar-refractivity contribution in [2.75, 3.05) is 31.4 Å². The second-order valence-corrected chi connectivity index (χ2v) is 6.75. The first-order valence-corrected chi connectivity index (χ1v) is 9.08. The number of imidazole rings is 1. The molecule has 0 saturated carbocycles. The van der Waals surface area contributed by atoms with Gasteiger partial charge in [-0.3, -0.25) is 4.79 Å². The van der Waals surface area contributed by atoms with Crippen LogP contribution in [0.3, 0.4) is 0 Å². The van der Waals surface area contributed by atoms with Crippen LogP contribution in [0.4, 0.5) is 21.6 Å². The van der Waals surface area contributed by atoms with Crippen LogP contribution < -0.4 is 20.7 Å². The third kappa shape index (κ3) is 3.54. The molecule has 1 aromatic carbocycles. The summed E-state index contributed by atoms with van der Waals surface area (Å²) in [5, 5.41) is 13.5. The Morgan fingerprint density at radius 3 is 2.97 bits per heavy atom. The fourth-order valence-corrected chi connectivity index (χ4v) is 3.23. The average Bonchev–Trinajstić information content (AvgIpc) is 3.10. The van der Waals surface area contributed by atoms with E-state index in [4.69, 9.17) is 9.47 Å². The van der Waals surface area contributed by atoms with Crippen LogP contribution in [0.5, 0.6) is 5.75 Å². The predicted molar refractivity (Wildman–Crippen MR) is 105 cm³/mol. The van der Waals surface area contributed by atoms with E-state index in [2.05, 4.69) is 26.0 Å². The molecule has 4 rings (SSSR count). The fraction of sp³-hybridized carbons (Fsp3) is 0.316. The van der Waals surface area contributed by atoms with Gasteiger partial charge in [0, 0.05) is 19.2 Å². The molecule has 0 fully saturated rings. The minimum Gasteiger partial charge on any atom is -0.492 e. The monoisotopic (exact) mass is 400 g/mol. The molecule has 1 atom stereocenters. The molecule has 3 N–H and O–H groups in total. The highest BCUT2D eigenvalue weighted by atomic mass is 19.1. The van der Waals surface area contributed by atoms with Gasteiger partial charge < -0.3 is 25.4 Å². The maximum Gasteiger partial charge on any atom is 0.271 e. The van der Waals surface area contributed by atoms with E-state index < -0.39 is 5.82 Å². The lowest BCUT2D eigenvalue weighted by molar-refractivity contribution is 0.0814. The van der Waals surface area contributed by atoms with Gasteiger partial charge in [0.15, 0.2) is 28.7 Å². The highest BCUT2D eigenvalue weighted by Crippen LogP contribution is 2.33. The Bertz CT molecular complexity index is 1080. The fourth-order valence-electron chi connectivity index (χ4n) is 3.23. The van der Waals surface area contributed by atoms with Crippen LogP contribution in [-0.2, 0) is 11.3 Å². The highest BCUT2D eigenvalue weighted by molar-refractivity contribution is 5.94. The number of aromatic nitrogens is 3. The lowest BCUT2D eigenvalue weighted by Gasteiger charge is -2.17. The number of hydrogen-bond acceptors (Lipinski definition) is 7. The van der Waals surface area contributed by atoms with Crippen molar-refractivity contribution in [3.8, 4) is 5.75 Å². The normalized spacial score (nSPS) is 16.8. The SMILES string of the molecule is CNc1cc2nn3c(cnc13)C(=O)N[C@H](C)COCc1cc(F)c(OC)c(c1)N2. The summed E-state index contributed by atoms with van der Waals surface area (Å²) in [5.41, 5.74) is 2.44. The first-order chi connectivity index (χ1) is 14.0. The molecular weight excluding hydrogens is 379 g/mol. The van der Waals surface area contributed by atoms with E-state index in [9.17, 15) is 9.18 Å². The van der Waals surface area contributed by atoms with Gasteiger partial charge in [0.1, 0.15) is 0 Å². The Labute approximate surface area is 166 Å². The molecule has 1 aliphatic heterocycles. The number of carbonyl (C=O) groups is 1. The van der Waals surface area contributed by atoms with Gasteiger partial charge in [0.2, 0.25) is 0 Å². The molecule has 1 amide bonds. The average molecular weight is 400 g/mol. The minimum absolute atomic E-state index is 0.0608. The second-order valence-electron chi connectivity index (χ2n) is 6.75. The van der Waals surface area contributed by atoms with Crippen LogP contribution in [0.1, 0.15) is 23.0 Å². The zero-order valence-corrected chi connectivity index (χ0v) is 16.2. The zero-order chi connectivity index (χ0) is 20.5. The van der Waals surface area contributed by atoms with Gasteiger partial charge in [0.25, 0.3) is 5.91 Å². The Morgan fingerprint density at radius 2 is 2.21 bits per heavy atom. The summed E-state index contributed by atoms with van der Waals surface area (Å²) in [6.45, 7) is 2.27. The number of rotatable bonds is 2. The topological polar surface area (TPSA) is 102 Å². The molecule has 4 bridgehead atoms. The second kappa shape index (κ2) is 7.55. The van der Waals surface area contributed by atoms with E-state index >= 15 is 0 Å². The zero-order valence-electron chi connectivity index (χ0n) is 16.2. The van der Waals surface area contributed by atoms with E-state index in [0.29, 0.717) is 28.4 Å². The number of nitrogens with zero attached hydrogens (tertiary/aromatic N) is 3. The van der Waals surface area contributed by atoms with Gasteiger partial charge in [-0.2, -0.15) is 0 Å². The van der Waals surface area contributed by atoms with E-state index in [1.54, 1.807) is 19.2 Å². The predicted octanol–water partition coefficient (Wildman–Crippen LogP) is 2.31. The number of hydrogen-bond donors (Lipinski definition) is 3. The van der Waals surface area contributed by atoms with Crippen molar-refractivity contribution in [3.63, 3.8) is 0 Å². The first kappa shape index (κ1) is 18.9. The van der Waals surface area contributed by atoms with Crippen LogP contribution in [0, 0.1) is 5.82 Å². The third-order valence-electron chi connectivity index (χ3n) is 4.55. The van der Waals surface area contributed by atoms with Crippen LogP contribution in [0.2, 0.25) is 0 Å². The quantitative estimate of drug-likeness (QED) is 0.607. The smallest absolute Gasteiger partial charge is 0.271 e. The summed E-state index contributed by atoms with van der Waals surface area (Å²) < 4.78 is 26.9. The van der Waals surface area contributed by atoms with Crippen molar-refractivity contribution >= 4 is 28.7 Å². The molecule has 0 unspecified atom stereocenters. The first-order valence-electron chi connectivity index (χ1n) is 9.08. The van der Waals surface area contributed by atoms with Gasteiger partial charge >= 0.3 is 0 Å². The standard InChI is InChI=1S/C19H21FN6O3/c1-10-8-29-9-11-4-12(20)17(28-3)13(5-11)24-16-6-14(21-2)18-22-7-15(19(27)23-10)26(18)25-16/h4-7,10,21H,8-9H2,1-3H3,(H,23,27)(H,24,25)/t10-/m1/s1. The highest BCUT2D eigenvalue weighted by Gasteiger charge is 2.20. The molecular formula is C19H21FN6O3. The van der Waals surface area contributed by atoms with E-state index in [-0.39, 0.29) is 36.6 Å². The van der Waals surface area contributed by atoms with Gasteiger partial charge in [-0.25, -0.2) is 13.9 Å². The number of carbonyl (C=O) groups excluding carboxylic acids is 1. The minimum atomic E-state index is -0.511. The van der Waals surface area contributed by atoms with Crippen molar-refractivity contribution < 1.29 is 18.7 Å². The van der Waals surface area contributed by atoms with E-state index in [0.717, 1.165) is 0 Å². The van der Waals surface area contributed by atoms with Crippen molar-refractivity contribution in [3.05, 3.63) is 41.5 Å². The number of amides is 1. The van der Waals surface area contributed by atoms with Crippen molar-refractivity contribution in [2.45, 2.75) is 19.6 Å². The van der Waals surface area contributed by atoms with Gasteiger partial charge in [0.05, 0.1) is 37.9 Å². The van der Waals surface area contributed by atoms with E-state index in [1.165, 1.54) is 23.9 Å². The maximum absolute atomic E-state index is 14.5. The molecule has 9 nitrogen and oxygen atoms in total. The summed E-state index contributed by atoms with van der Waals surface area (Å²) in [6.07, 6.45) is 1.46. The Balaban J connectivity index is 1.90. The molecule has 0 radical (unpaired) electrons. The Kier molecular flexibility index (Phi) is 4.93. The third-order valence-corrected chi connectivity index (χ3v) is 4.55. The number of fused-ring (bicyclic) bond motifs is 3. The molecule has 152 valence electrons. The molecule has 3 aromatic rings. The summed E-state index contributed by atoms with van der Waals surface area (Å²) in [6, 6.07) is 4.57. The molecule has 0 saturated heterocycles. The van der Waals surface area contributed by atoms with Gasteiger partial charge in [-0.05, 0) is 24.6 Å². The molecule has 3 heterocycles. The lowest BCUT2D eigenvalue weighted by Crippen LogP contribution is -2.36. The summed E-state index contributed by atoms with van der Waals surface area (Å²) in [7, 11) is 3.14. The van der Waals surface area contributed by atoms with Crippen molar-refractivity contribution in [1.29, 1.82) is 0 Å². The Morgan fingerprint density at radius 1 is 1.38 bits per heavy atom. The van der Waals surface area contributed by atoms with Crippen LogP contribution in [-0.4, -0.2) is 47.3 Å². The maximum atomic E-state index is 14.5. The van der Waals surface area contributed by atoms with Crippen LogP contribution in [0.15, 0.2) is 24.4 Å². The number of benzene rings is 1. The lowest BCUT2D eigenvalue weighted by atomic mass is 10.1. The van der Waals surface area contributed by atoms with Crippen LogP contribution >= 0.6 is 0 Å². The number of methoxy groups -OCH3 is 1. The summed E-state index contributed by atoms with van der Waals surface area (Å²) >= 11 is 0. The van der Waals surface area contributed by atoms with Gasteiger partial charge in [-0.1, -0.05) is 0 Å². The molecule has 0 aliphatic carbocycles. The summed E-state index contributed by atoms with van der Waals surface area (Å²) in [5.74, 6) is -0.386. The summed E-state index contributed by atoms with van der Waals surface area (Å²) in [4.78, 5) is 17.0. The number of ether oxygens (including phenoxy) is 2.